The molecule has 3 saturated heterocycles. The van der Waals surface area contributed by atoms with E-state index in [1.807, 2.05) is 6.08 Å². The minimum atomic E-state index is -1.99. The third-order valence-corrected chi connectivity index (χ3v) is 17.6. The highest BCUT2D eigenvalue weighted by Crippen LogP contribution is 2.33. The number of carbonyl (C=O) groups is 1. The summed E-state index contributed by atoms with van der Waals surface area (Å²) >= 11 is 0. The number of carbonyl (C=O) groups excluding carboxylic acids is 1. The van der Waals surface area contributed by atoms with Crippen LogP contribution < -0.4 is 5.32 Å². The second-order valence-corrected chi connectivity index (χ2v) is 25.6. The highest BCUT2D eigenvalue weighted by Gasteiger charge is 2.53. The van der Waals surface area contributed by atoms with E-state index in [2.05, 4.69) is 104 Å². The zero-order valence-electron chi connectivity index (χ0n) is 57.4. The Balaban J connectivity index is 1.40. The van der Waals surface area contributed by atoms with Crippen molar-refractivity contribution in [3.05, 3.63) is 97.2 Å². The summed E-state index contributed by atoms with van der Waals surface area (Å²) < 4.78 is 34.3. The summed E-state index contributed by atoms with van der Waals surface area (Å²) in [5.41, 5.74) is 0. The Morgan fingerprint density at radius 2 is 0.745 bits per heavy atom. The van der Waals surface area contributed by atoms with E-state index in [1.165, 1.54) is 122 Å². The van der Waals surface area contributed by atoms with Crippen molar-refractivity contribution in [2.24, 2.45) is 0 Å². The molecule has 0 radical (unpaired) electrons. The SMILES string of the molecule is CC/C=C\C/C=C\C/C=C\C/C=C\C/C=C\CCCCCCCCCCCCCCCCCC(=O)NC(COC1OC(CO)C(OC2OC(CO)C(OC3OC(CO)C(O)C(O)C3O)C(O)C2O)C(O)C1O)C(O)/C=C/CC/C=C/CC/C=C/CCCCCCCCCC. The van der Waals surface area contributed by atoms with Gasteiger partial charge in [0.2, 0.25) is 5.91 Å². The molecule has 0 saturated carbocycles. The highest BCUT2D eigenvalue weighted by atomic mass is 16.8. The first-order valence-corrected chi connectivity index (χ1v) is 36.5. The fourth-order valence-electron chi connectivity index (χ4n) is 11.7. The first-order chi connectivity index (χ1) is 45.8. The van der Waals surface area contributed by atoms with Crippen LogP contribution in [0.3, 0.4) is 0 Å². The lowest BCUT2D eigenvalue weighted by Gasteiger charge is -2.48. The van der Waals surface area contributed by atoms with Gasteiger partial charge in [-0.2, -0.15) is 0 Å². The largest absolute Gasteiger partial charge is 0.394 e. The molecule has 542 valence electrons. The number of nitrogens with one attached hydrogen (secondary N) is 1. The Morgan fingerprint density at radius 1 is 0.394 bits per heavy atom. The Morgan fingerprint density at radius 3 is 1.19 bits per heavy atom. The molecule has 3 heterocycles. The van der Waals surface area contributed by atoms with E-state index in [9.17, 15) is 61.0 Å². The van der Waals surface area contributed by atoms with E-state index in [1.54, 1.807) is 6.08 Å². The van der Waals surface area contributed by atoms with E-state index < -0.39 is 124 Å². The van der Waals surface area contributed by atoms with Gasteiger partial charge in [0, 0.05) is 6.42 Å². The monoisotopic (exact) mass is 1330 g/mol. The maximum atomic E-state index is 13.4. The number of hydrogen-bond acceptors (Lipinski definition) is 18. The average Bonchev–Trinajstić information content (AvgIpc) is 0.787. The Labute approximate surface area is 564 Å². The van der Waals surface area contributed by atoms with Crippen LogP contribution in [0.15, 0.2) is 97.2 Å². The molecule has 19 heteroatoms. The quantitative estimate of drug-likeness (QED) is 0.0199. The van der Waals surface area contributed by atoms with Crippen molar-refractivity contribution < 1.29 is 89.4 Å². The van der Waals surface area contributed by atoms with Crippen LogP contribution >= 0.6 is 0 Å². The van der Waals surface area contributed by atoms with Crippen molar-refractivity contribution >= 4 is 5.91 Å². The van der Waals surface area contributed by atoms with Crippen molar-refractivity contribution in [2.75, 3.05) is 26.4 Å². The number of amides is 1. The van der Waals surface area contributed by atoms with Crippen LogP contribution in [0.1, 0.15) is 239 Å². The molecule has 3 aliphatic heterocycles. The van der Waals surface area contributed by atoms with Crippen LogP contribution in [-0.2, 0) is 33.2 Å². The molecule has 12 N–H and O–H groups in total. The van der Waals surface area contributed by atoms with Gasteiger partial charge < -0.3 is 89.9 Å². The topological polar surface area (TPSA) is 307 Å². The van der Waals surface area contributed by atoms with Crippen LogP contribution in [-0.4, -0.2) is 193 Å². The molecule has 17 unspecified atom stereocenters. The number of rotatable bonds is 55. The number of allylic oxidation sites excluding steroid dienone is 15. The van der Waals surface area contributed by atoms with Crippen molar-refractivity contribution in [3.8, 4) is 0 Å². The average molecular weight is 1330 g/mol. The number of aliphatic hydroxyl groups excluding tert-OH is 11. The molecule has 3 rings (SSSR count). The van der Waals surface area contributed by atoms with E-state index >= 15 is 0 Å². The van der Waals surface area contributed by atoms with Crippen molar-refractivity contribution in [1.29, 1.82) is 0 Å². The molecule has 94 heavy (non-hydrogen) atoms. The maximum absolute atomic E-state index is 13.4. The van der Waals surface area contributed by atoms with E-state index in [-0.39, 0.29) is 18.9 Å². The van der Waals surface area contributed by atoms with Crippen molar-refractivity contribution in [2.45, 2.75) is 343 Å². The molecular formula is C75H129NO18. The lowest BCUT2D eigenvalue weighted by atomic mass is 9.96. The minimum Gasteiger partial charge on any atom is -0.394 e. The zero-order valence-corrected chi connectivity index (χ0v) is 57.4. The maximum Gasteiger partial charge on any atom is 0.220 e. The normalized spacial score (nSPS) is 27.9. The second kappa shape index (κ2) is 55.6. The van der Waals surface area contributed by atoms with E-state index in [0.29, 0.717) is 12.8 Å². The molecule has 1 amide bonds. The van der Waals surface area contributed by atoms with Crippen LogP contribution in [0.2, 0.25) is 0 Å². The second-order valence-electron chi connectivity index (χ2n) is 25.6. The Bertz CT molecular complexity index is 2080. The number of unbranched alkanes of at least 4 members (excludes halogenated alkanes) is 25. The van der Waals surface area contributed by atoms with Crippen LogP contribution in [0.5, 0.6) is 0 Å². The molecule has 19 nitrogen and oxygen atoms in total. The summed E-state index contributed by atoms with van der Waals surface area (Å²) in [6.45, 7) is 1.59. The summed E-state index contributed by atoms with van der Waals surface area (Å²) in [7, 11) is 0. The lowest BCUT2D eigenvalue weighted by Crippen LogP contribution is -2.66. The van der Waals surface area contributed by atoms with E-state index in [4.69, 9.17) is 28.4 Å². The molecule has 0 aromatic heterocycles. The van der Waals surface area contributed by atoms with Gasteiger partial charge in [0.05, 0.1) is 38.6 Å². The summed E-state index contributed by atoms with van der Waals surface area (Å²) in [6, 6.07) is -1.00. The number of ether oxygens (including phenoxy) is 6. The highest BCUT2D eigenvalue weighted by molar-refractivity contribution is 5.76. The summed E-state index contributed by atoms with van der Waals surface area (Å²) in [6.07, 6.45) is 46.7. The molecule has 0 aromatic carbocycles. The third-order valence-electron chi connectivity index (χ3n) is 17.6. The number of hydrogen-bond donors (Lipinski definition) is 12. The van der Waals surface area contributed by atoms with Gasteiger partial charge in [-0.3, -0.25) is 4.79 Å². The first-order valence-electron chi connectivity index (χ1n) is 36.5. The molecule has 0 aliphatic carbocycles. The van der Waals surface area contributed by atoms with Crippen LogP contribution in [0.4, 0.5) is 0 Å². The van der Waals surface area contributed by atoms with Crippen molar-refractivity contribution in [1.82, 2.24) is 5.32 Å². The lowest BCUT2D eigenvalue weighted by molar-refractivity contribution is -0.379. The Kier molecular flexibility index (Phi) is 50.2. The van der Waals surface area contributed by atoms with Crippen LogP contribution in [0.25, 0.3) is 0 Å². The van der Waals surface area contributed by atoms with Gasteiger partial charge in [0.15, 0.2) is 18.9 Å². The molecule has 3 aliphatic rings. The third kappa shape index (κ3) is 36.5. The smallest absolute Gasteiger partial charge is 0.220 e. The predicted octanol–water partition coefficient (Wildman–Crippen LogP) is 10.4. The zero-order chi connectivity index (χ0) is 68.2. The van der Waals surface area contributed by atoms with Gasteiger partial charge in [-0.1, -0.05) is 239 Å². The van der Waals surface area contributed by atoms with Gasteiger partial charge in [0.1, 0.15) is 73.2 Å². The van der Waals surface area contributed by atoms with Gasteiger partial charge in [0.25, 0.3) is 0 Å². The van der Waals surface area contributed by atoms with Gasteiger partial charge in [-0.25, -0.2) is 0 Å². The molecule has 17 atom stereocenters. The summed E-state index contributed by atoms with van der Waals surface area (Å²) in [5, 5.41) is 121. The van der Waals surface area contributed by atoms with Gasteiger partial charge >= 0.3 is 0 Å². The number of aliphatic hydroxyl groups is 11. The standard InChI is InChI=1S/C75H129NO18/c1-3-5-7-9-11-13-15-17-19-21-23-24-25-26-27-28-29-30-31-32-33-34-35-37-39-41-43-45-47-49-51-53-63(81)76-58(59(80)52-50-48-46-44-42-40-38-36-22-20-18-16-14-12-10-8-6-4-2)57-89-73-69(87)66(84)71(61(55-78)91-73)94-75-70(88)67(85)72(62(56-79)92-75)93-74-68(86)65(83)64(82)60(54-77)90-74/h5,7,11,13,17,19,22-24,26-27,36,42,44,50,52,58-62,64-75,77-80,82-88H,3-4,6,8-10,12,14-16,18,20-21,25,28-35,37-41,43,45-49,51,53-57H2,1-2H3,(H,76,81)/b7-5-,13-11-,19-17-,24-23-,27-26-,36-22+,44-42+,52-50+. The predicted molar refractivity (Wildman–Crippen MR) is 369 cm³/mol. The Hall–Kier alpha value is -3.29. The summed E-state index contributed by atoms with van der Waals surface area (Å²) in [4.78, 5) is 13.4. The summed E-state index contributed by atoms with van der Waals surface area (Å²) in [5.74, 6) is -0.292. The van der Waals surface area contributed by atoms with Gasteiger partial charge in [-0.05, 0) is 89.9 Å². The molecule has 0 bridgehead atoms. The van der Waals surface area contributed by atoms with E-state index in [0.717, 1.165) is 83.5 Å². The molecule has 3 fully saturated rings. The van der Waals surface area contributed by atoms with Crippen LogP contribution in [0, 0.1) is 0 Å². The van der Waals surface area contributed by atoms with Gasteiger partial charge in [-0.15, -0.1) is 0 Å². The van der Waals surface area contributed by atoms with Crippen molar-refractivity contribution in [3.63, 3.8) is 0 Å². The fourth-order valence-corrected chi connectivity index (χ4v) is 11.7. The molecule has 0 spiro atoms. The molecule has 0 aromatic rings. The minimum absolute atomic E-state index is 0.227. The first kappa shape index (κ1) is 84.9. The molecular weight excluding hydrogens is 1200 g/mol. The fraction of sp³-hybridized carbons (Fsp3) is 0.773.